The third kappa shape index (κ3) is 5.77. The molecule has 5 rings (SSSR count). The zero-order chi connectivity index (χ0) is 29.1. The highest BCUT2D eigenvalue weighted by atomic mass is 16.5. The molecule has 2 heterocycles. The molecule has 1 unspecified atom stereocenters. The zero-order valence-electron chi connectivity index (χ0n) is 23.3. The molecule has 0 saturated carbocycles. The number of esters is 2. The van der Waals surface area contributed by atoms with E-state index < -0.39 is 18.0 Å². The second kappa shape index (κ2) is 11.8. The van der Waals surface area contributed by atoms with Crippen LogP contribution in [-0.2, 0) is 32.2 Å². The Morgan fingerprint density at radius 1 is 1.05 bits per heavy atom. The van der Waals surface area contributed by atoms with E-state index in [0.29, 0.717) is 28.8 Å². The fourth-order valence-corrected chi connectivity index (χ4v) is 5.27. The molecule has 1 atom stereocenters. The number of ether oxygens (including phenoxy) is 2. The number of aromatic nitrogens is 2. The number of amides is 1. The van der Waals surface area contributed by atoms with Crippen LogP contribution in [0.25, 0.3) is 21.7 Å². The van der Waals surface area contributed by atoms with E-state index in [2.05, 4.69) is 15.3 Å². The fraction of sp³-hybridized carbons (Fsp3) is 0.323. The Morgan fingerprint density at radius 3 is 2.61 bits per heavy atom. The van der Waals surface area contributed by atoms with Gasteiger partial charge in [-0.1, -0.05) is 18.2 Å². The van der Waals surface area contributed by atoms with Crippen LogP contribution in [-0.4, -0.2) is 52.0 Å². The maximum Gasteiger partial charge on any atom is 0.328 e. The second-order valence-corrected chi connectivity index (χ2v) is 9.94. The van der Waals surface area contributed by atoms with Crippen molar-refractivity contribution in [2.75, 3.05) is 18.5 Å². The van der Waals surface area contributed by atoms with E-state index in [4.69, 9.17) is 9.47 Å². The van der Waals surface area contributed by atoms with Crippen molar-refractivity contribution in [3.8, 4) is 0 Å². The minimum Gasteiger partial charge on any atom is -0.466 e. The van der Waals surface area contributed by atoms with Crippen LogP contribution in [0, 0.1) is 6.92 Å². The molecule has 0 spiro atoms. The molecule has 212 valence electrons. The van der Waals surface area contributed by atoms with Crippen LogP contribution in [0.4, 0.5) is 5.69 Å². The molecule has 4 aromatic rings. The van der Waals surface area contributed by atoms with Gasteiger partial charge in [-0.15, -0.1) is 0 Å². The molecule has 0 radical (unpaired) electrons. The van der Waals surface area contributed by atoms with E-state index in [0.717, 1.165) is 27.6 Å². The number of nitrogens with zero attached hydrogens (tertiary/aromatic N) is 2. The van der Waals surface area contributed by atoms with E-state index >= 15 is 0 Å². The highest BCUT2D eigenvalue weighted by Gasteiger charge is 2.37. The first-order valence-corrected chi connectivity index (χ1v) is 13.7. The van der Waals surface area contributed by atoms with Crippen molar-refractivity contribution < 1.29 is 23.9 Å². The smallest absolute Gasteiger partial charge is 0.328 e. The van der Waals surface area contributed by atoms with Gasteiger partial charge in [-0.05, 0) is 79.4 Å². The molecule has 0 bridgehead atoms. The molecule has 0 fully saturated rings. The van der Waals surface area contributed by atoms with E-state index in [1.165, 1.54) is 4.90 Å². The lowest BCUT2D eigenvalue weighted by Gasteiger charge is -2.25. The van der Waals surface area contributed by atoms with Gasteiger partial charge in [-0.25, -0.2) is 9.78 Å². The van der Waals surface area contributed by atoms with Crippen LogP contribution in [0.5, 0.6) is 0 Å². The number of anilines is 1. The van der Waals surface area contributed by atoms with Crippen LogP contribution >= 0.6 is 0 Å². The Bertz CT molecular complexity index is 1710. The Labute approximate surface area is 236 Å². The van der Waals surface area contributed by atoms with Crippen molar-refractivity contribution in [3.05, 3.63) is 81.4 Å². The van der Waals surface area contributed by atoms with Crippen LogP contribution in [0.15, 0.2) is 53.3 Å². The van der Waals surface area contributed by atoms with Gasteiger partial charge in [0.2, 0.25) is 0 Å². The summed E-state index contributed by atoms with van der Waals surface area (Å²) in [6.45, 7) is 6.32. The standard InChI is InChI=1S/C31H32N4O6/c1-4-40-27(36)13-12-26(31(39)41-5-2)35-17-21-15-22(9-10-23(21)30(35)38)32-16-19-6-7-20-8-11-25-28(24(20)14-19)29(37)34-18(3)33-25/h6-11,14-15,26,32H,4-5,12-13,16-17H2,1-3H3,(H,33,34,37). The number of hydrogen-bond acceptors (Lipinski definition) is 8. The number of H-pyrrole nitrogens is 1. The molecule has 1 aromatic heterocycles. The molecule has 10 nitrogen and oxygen atoms in total. The Hall–Kier alpha value is -4.73. The SMILES string of the molecule is CCOC(=O)CCC(C(=O)OCC)N1Cc2cc(NCc3ccc4ccc5nc(C)[nH]c(=O)c5c4c3)ccc2C1=O. The van der Waals surface area contributed by atoms with Gasteiger partial charge in [0.1, 0.15) is 11.9 Å². The Balaban J connectivity index is 1.33. The summed E-state index contributed by atoms with van der Waals surface area (Å²) in [6, 6.07) is 14.4. The average molecular weight is 557 g/mol. The van der Waals surface area contributed by atoms with E-state index in [1.807, 2.05) is 42.5 Å². The number of aromatic amines is 1. The molecule has 10 heteroatoms. The van der Waals surface area contributed by atoms with Crippen molar-refractivity contribution in [1.29, 1.82) is 0 Å². The number of fused-ring (bicyclic) bond motifs is 4. The van der Waals surface area contributed by atoms with E-state index in [9.17, 15) is 19.2 Å². The lowest BCUT2D eigenvalue weighted by Crippen LogP contribution is -2.42. The summed E-state index contributed by atoms with van der Waals surface area (Å²) >= 11 is 0. The molecule has 0 saturated heterocycles. The lowest BCUT2D eigenvalue weighted by atomic mass is 10.0. The van der Waals surface area contributed by atoms with Crippen LogP contribution in [0.1, 0.15) is 54.0 Å². The quantitative estimate of drug-likeness (QED) is 0.219. The number of carbonyl (C=O) groups excluding carboxylic acids is 3. The third-order valence-electron chi connectivity index (χ3n) is 7.17. The number of carbonyl (C=O) groups is 3. The molecule has 1 aliphatic rings. The third-order valence-corrected chi connectivity index (χ3v) is 7.17. The van der Waals surface area contributed by atoms with Gasteiger partial charge in [0.15, 0.2) is 0 Å². The molecule has 0 aliphatic carbocycles. The van der Waals surface area contributed by atoms with Gasteiger partial charge in [-0.2, -0.15) is 0 Å². The molecule has 3 aromatic carbocycles. The summed E-state index contributed by atoms with van der Waals surface area (Å²) in [5.41, 5.74) is 3.57. The summed E-state index contributed by atoms with van der Waals surface area (Å²) in [5, 5.41) is 5.74. The van der Waals surface area contributed by atoms with Gasteiger partial charge in [-0.3, -0.25) is 14.4 Å². The molecular weight excluding hydrogens is 524 g/mol. The average Bonchev–Trinajstić information content (AvgIpc) is 3.26. The van der Waals surface area contributed by atoms with E-state index in [1.54, 1.807) is 26.8 Å². The zero-order valence-corrected chi connectivity index (χ0v) is 23.3. The summed E-state index contributed by atoms with van der Waals surface area (Å²) in [7, 11) is 0. The number of aryl methyl sites for hydroxylation is 1. The molecular formula is C31H32N4O6. The summed E-state index contributed by atoms with van der Waals surface area (Å²) in [5.74, 6) is -0.663. The van der Waals surface area contributed by atoms with Crippen molar-refractivity contribution in [3.63, 3.8) is 0 Å². The molecule has 41 heavy (non-hydrogen) atoms. The van der Waals surface area contributed by atoms with Gasteiger partial charge in [0, 0.05) is 30.8 Å². The van der Waals surface area contributed by atoms with Crippen molar-refractivity contribution >= 4 is 45.2 Å². The first kappa shape index (κ1) is 27.8. The fourth-order valence-electron chi connectivity index (χ4n) is 5.27. The lowest BCUT2D eigenvalue weighted by molar-refractivity contribution is -0.150. The van der Waals surface area contributed by atoms with Crippen molar-refractivity contribution in [2.24, 2.45) is 0 Å². The van der Waals surface area contributed by atoms with Crippen molar-refractivity contribution in [1.82, 2.24) is 14.9 Å². The van der Waals surface area contributed by atoms with Gasteiger partial charge < -0.3 is 24.7 Å². The predicted molar refractivity (Wildman–Crippen MR) is 155 cm³/mol. The molecule has 1 amide bonds. The first-order chi connectivity index (χ1) is 19.8. The summed E-state index contributed by atoms with van der Waals surface area (Å²) < 4.78 is 10.2. The summed E-state index contributed by atoms with van der Waals surface area (Å²) in [6.07, 6.45) is 0.129. The predicted octanol–water partition coefficient (Wildman–Crippen LogP) is 4.23. The minimum atomic E-state index is -0.885. The number of nitrogens with one attached hydrogen (secondary N) is 2. The van der Waals surface area contributed by atoms with E-state index in [-0.39, 0.29) is 44.1 Å². The minimum absolute atomic E-state index is 0.00678. The monoisotopic (exact) mass is 556 g/mol. The van der Waals surface area contributed by atoms with Crippen LogP contribution < -0.4 is 10.9 Å². The summed E-state index contributed by atoms with van der Waals surface area (Å²) in [4.78, 5) is 59.3. The Kier molecular flexibility index (Phi) is 8.00. The van der Waals surface area contributed by atoms with Gasteiger partial charge in [0.25, 0.3) is 11.5 Å². The number of rotatable bonds is 10. The van der Waals surface area contributed by atoms with Gasteiger partial charge in [0.05, 0.1) is 24.1 Å². The maximum atomic E-state index is 13.2. The highest BCUT2D eigenvalue weighted by molar-refractivity contribution is 6.06. The molecule has 1 aliphatic heterocycles. The number of hydrogen-bond donors (Lipinski definition) is 2. The van der Waals surface area contributed by atoms with Crippen LogP contribution in [0.3, 0.4) is 0 Å². The largest absolute Gasteiger partial charge is 0.466 e. The topological polar surface area (TPSA) is 131 Å². The Morgan fingerprint density at radius 2 is 1.83 bits per heavy atom. The number of benzene rings is 3. The first-order valence-electron chi connectivity index (χ1n) is 13.7. The maximum absolute atomic E-state index is 13.2. The normalized spacial score (nSPS) is 13.3. The second-order valence-electron chi connectivity index (χ2n) is 9.94. The van der Waals surface area contributed by atoms with Crippen molar-refractivity contribution in [2.45, 2.75) is 52.7 Å². The molecule has 2 N–H and O–H groups in total. The van der Waals surface area contributed by atoms with Gasteiger partial charge >= 0.3 is 11.9 Å². The highest BCUT2D eigenvalue weighted by Crippen LogP contribution is 2.30. The van der Waals surface area contributed by atoms with Crippen LogP contribution in [0.2, 0.25) is 0 Å².